The van der Waals surface area contributed by atoms with Gasteiger partial charge >= 0.3 is 0 Å². The average molecular weight is 249 g/mol. The molecule has 102 valence electrons. The highest BCUT2D eigenvalue weighted by Gasteiger charge is 2.53. The van der Waals surface area contributed by atoms with Crippen molar-refractivity contribution in [2.75, 3.05) is 0 Å². The number of carbonyl (C=O) groups is 1. The molecule has 0 aromatic carbocycles. The van der Waals surface area contributed by atoms with Gasteiger partial charge in [0.05, 0.1) is 6.04 Å². The maximum absolute atomic E-state index is 12.0. The van der Waals surface area contributed by atoms with E-state index in [2.05, 4.69) is 39.2 Å². The minimum Gasteiger partial charge on any atom is -0.475 e. The van der Waals surface area contributed by atoms with E-state index in [4.69, 9.17) is 0 Å². The largest absolute Gasteiger partial charge is 0.475 e. The maximum Gasteiger partial charge on any atom is 0.159 e. The van der Waals surface area contributed by atoms with Gasteiger partial charge in [0.25, 0.3) is 0 Å². The summed E-state index contributed by atoms with van der Waals surface area (Å²) < 4.78 is 0. The lowest BCUT2D eigenvalue weighted by Crippen LogP contribution is -2.90. The number of rotatable bonds is 2. The highest BCUT2D eigenvalue weighted by molar-refractivity contribution is 5.98. The van der Waals surface area contributed by atoms with Crippen LogP contribution in [0.15, 0.2) is 11.6 Å². The molecule has 2 aliphatic carbocycles. The quantitative estimate of drug-likeness (QED) is 0.749. The molecule has 0 saturated heterocycles. The summed E-state index contributed by atoms with van der Waals surface area (Å²) in [5.41, 5.74) is 1.04. The molecule has 0 bridgehead atoms. The van der Waals surface area contributed by atoms with E-state index in [0.717, 1.165) is 5.57 Å². The van der Waals surface area contributed by atoms with Gasteiger partial charge in [-0.3, -0.25) is 4.79 Å². The number of allylic oxidation sites excluding steroid dienone is 1. The fourth-order valence-corrected chi connectivity index (χ4v) is 4.24. The first-order chi connectivity index (χ1) is 8.42. The number of ketones is 1. The molecule has 0 aliphatic heterocycles. The zero-order valence-corrected chi connectivity index (χ0v) is 12.2. The van der Waals surface area contributed by atoms with Crippen molar-refractivity contribution in [3.8, 4) is 0 Å². The van der Waals surface area contributed by atoms with Gasteiger partial charge in [0.1, 0.15) is 0 Å². The fourth-order valence-electron chi connectivity index (χ4n) is 4.24. The lowest BCUT2D eigenvalue weighted by Gasteiger charge is -2.49. The Kier molecular flexibility index (Phi) is 3.68. The van der Waals surface area contributed by atoms with Gasteiger partial charge in [-0.1, -0.05) is 26.8 Å². The molecule has 0 aromatic heterocycles. The lowest BCUT2D eigenvalue weighted by molar-refractivity contribution is -0.661. The topological polar surface area (TPSA) is 33.7 Å². The molecule has 2 N–H and O–H groups in total. The summed E-state index contributed by atoms with van der Waals surface area (Å²) >= 11 is 0. The van der Waals surface area contributed by atoms with Gasteiger partial charge in [-0.05, 0) is 37.2 Å². The maximum atomic E-state index is 12.0. The Hall–Kier alpha value is -0.630. The second-order valence-electron chi connectivity index (χ2n) is 6.69. The molecule has 2 aliphatic rings. The number of hydrogen-bond donors (Lipinski definition) is 1. The van der Waals surface area contributed by atoms with Crippen LogP contribution in [0.4, 0.5) is 0 Å². The number of quaternary nitrogens is 1. The summed E-state index contributed by atoms with van der Waals surface area (Å²) in [7, 11) is 4.08. The average Bonchev–Trinajstić information content (AvgIpc) is 2.59. The van der Waals surface area contributed by atoms with Gasteiger partial charge in [-0.25, -0.2) is 0 Å². The van der Waals surface area contributed by atoms with Crippen LogP contribution in [-0.4, -0.2) is 11.8 Å². The third-order valence-electron chi connectivity index (χ3n) is 5.43. The Morgan fingerprint density at radius 2 is 2.11 bits per heavy atom. The van der Waals surface area contributed by atoms with Crippen molar-refractivity contribution in [2.45, 2.75) is 53.0 Å². The first-order valence-electron chi connectivity index (χ1n) is 7.27. The minimum absolute atomic E-state index is 0.0656. The van der Waals surface area contributed by atoms with Crippen LogP contribution in [0.3, 0.4) is 0 Å². The number of hydrogen-bond acceptors (Lipinski definition) is 1. The fraction of sp³-hybridized carbons (Fsp3) is 0.750. The summed E-state index contributed by atoms with van der Waals surface area (Å²) in [5, 5.41) is 2.13. The first-order valence-corrected chi connectivity index (χ1v) is 7.27. The summed E-state index contributed by atoms with van der Waals surface area (Å²) in [5.74, 6) is 2.28. The van der Waals surface area contributed by atoms with Crippen molar-refractivity contribution in [1.82, 2.24) is 0 Å². The molecular weight excluding hydrogens is 222 g/mol. The Morgan fingerprint density at radius 3 is 2.56 bits per heavy atom. The van der Waals surface area contributed by atoms with Gasteiger partial charge in [0.15, 0.2) is 5.78 Å². The van der Waals surface area contributed by atoms with Crippen molar-refractivity contribution < 1.29 is 10.1 Å². The molecule has 2 nitrogen and oxygen atoms in total. The highest BCUT2D eigenvalue weighted by Crippen LogP contribution is 2.51. The Labute approximate surface area is 111 Å². The molecular formula is C16H27NO. The molecule has 2 rings (SSSR count). The molecule has 1 saturated carbocycles. The second-order valence-corrected chi connectivity index (χ2v) is 6.69. The van der Waals surface area contributed by atoms with Crippen LogP contribution < -0.4 is 5.32 Å². The molecule has 0 heterocycles. The molecule has 2 heteroatoms. The molecule has 0 amide bonds. The normalized spacial score (nSPS) is 40.7. The van der Waals surface area contributed by atoms with Crippen LogP contribution in [0.25, 0.3) is 0 Å². The van der Waals surface area contributed by atoms with E-state index in [1.54, 1.807) is 0 Å². The van der Waals surface area contributed by atoms with Gasteiger partial charge in [0.2, 0.25) is 0 Å². The van der Waals surface area contributed by atoms with Crippen molar-refractivity contribution in [1.29, 1.82) is 0 Å². The zero-order valence-electron chi connectivity index (χ0n) is 12.2. The van der Waals surface area contributed by atoms with Gasteiger partial charge in [-0.15, -0.1) is 0 Å². The van der Waals surface area contributed by atoms with Gasteiger partial charge < -0.3 is 5.32 Å². The molecule has 1 fully saturated rings. The van der Waals surface area contributed by atoms with Gasteiger partial charge in [-0.2, -0.15) is 7.05 Å². The monoisotopic (exact) mass is 249 g/mol. The smallest absolute Gasteiger partial charge is 0.159 e. The number of Topliss-reactive ketones (excluding diaryl/α,β-unsaturated/α-hetero) is 1. The Morgan fingerprint density at radius 1 is 1.44 bits per heavy atom. The van der Waals surface area contributed by atoms with Crippen molar-refractivity contribution in [3.63, 3.8) is 0 Å². The zero-order chi connectivity index (χ0) is 13.5. The van der Waals surface area contributed by atoms with E-state index in [1.165, 1.54) is 12.8 Å². The second kappa shape index (κ2) is 4.80. The molecule has 0 aromatic rings. The predicted molar refractivity (Wildman–Crippen MR) is 73.6 cm³/mol. The minimum atomic E-state index is 0.0656. The van der Waals surface area contributed by atoms with Crippen LogP contribution in [0.2, 0.25) is 0 Å². The van der Waals surface area contributed by atoms with E-state index < -0.39 is 0 Å². The van der Waals surface area contributed by atoms with Crippen molar-refractivity contribution in [3.05, 3.63) is 18.7 Å². The SMILES string of the molecule is [CH2-][NH2+]C1C(C(C)C)CCC(C)C12C=C(C)C(=O)C2. The van der Waals surface area contributed by atoms with Crippen LogP contribution in [0, 0.1) is 30.2 Å². The highest BCUT2D eigenvalue weighted by atomic mass is 16.1. The molecule has 0 radical (unpaired) electrons. The van der Waals surface area contributed by atoms with Crippen LogP contribution in [0.1, 0.15) is 47.0 Å². The predicted octanol–water partition coefficient (Wildman–Crippen LogP) is 2.32. The number of carbonyl (C=O) groups excluding carboxylic acids is 1. The van der Waals surface area contributed by atoms with E-state index in [9.17, 15) is 4.79 Å². The van der Waals surface area contributed by atoms with Gasteiger partial charge in [0, 0.05) is 17.8 Å². The summed E-state index contributed by atoms with van der Waals surface area (Å²) in [6.45, 7) is 8.90. The lowest BCUT2D eigenvalue weighted by atomic mass is 9.58. The van der Waals surface area contributed by atoms with E-state index in [-0.39, 0.29) is 5.41 Å². The van der Waals surface area contributed by atoms with E-state index >= 15 is 0 Å². The molecule has 4 unspecified atom stereocenters. The Bertz CT molecular complexity index is 371. The third kappa shape index (κ3) is 1.95. The van der Waals surface area contributed by atoms with E-state index in [1.807, 2.05) is 6.92 Å². The molecule has 18 heavy (non-hydrogen) atoms. The van der Waals surface area contributed by atoms with E-state index in [0.29, 0.717) is 36.0 Å². The van der Waals surface area contributed by atoms with Crippen molar-refractivity contribution >= 4 is 5.78 Å². The van der Waals surface area contributed by atoms with Crippen LogP contribution in [-0.2, 0) is 4.79 Å². The third-order valence-corrected chi connectivity index (χ3v) is 5.43. The standard InChI is InChI=1S/C16H27NO/c1-10(2)13-7-6-12(4)16(15(13)17-5)8-11(3)14(18)9-16/h8,10,12-13,15H,5-7,9,17H2,1-4H3. The molecule has 4 atom stereocenters. The Balaban J connectivity index is 2.39. The summed E-state index contributed by atoms with van der Waals surface area (Å²) in [6, 6.07) is 0.461. The van der Waals surface area contributed by atoms with Crippen LogP contribution in [0.5, 0.6) is 0 Å². The van der Waals surface area contributed by atoms with Crippen LogP contribution >= 0.6 is 0 Å². The summed E-state index contributed by atoms with van der Waals surface area (Å²) in [6.07, 6.45) is 5.50. The summed E-state index contributed by atoms with van der Waals surface area (Å²) in [4.78, 5) is 12.0. The molecule has 1 spiro atoms. The van der Waals surface area contributed by atoms with Crippen molar-refractivity contribution in [2.24, 2.45) is 23.2 Å². The number of nitrogens with two attached hydrogens (primary N) is 1. The first kappa shape index (κ1) is 13.8.